The number of H-pyrrole nitrogens is 1. The molecule has 3 atom stereocenters. The maximum Gasteiger partial charge on any atom is 0.328 e. The lowest BCUT2D eigenvalue weighted by molar-refractivity contribution is -0.134. The van der Waals surface area contributed by atoms with Crippen molar-refractivity contribution >= 4 is 38.8 Å². The summed E-state index contributed by atoms with van der Waals surface area (Å²) >= 11 is 3.54. The number of hydrogen-bond donors (Lipinski definition) is 3. The Kier molecular flexibility index (Phi) is 10.7. The van der Waals surface area contributed by atoms with Crippen molar-refractivity contribution in [1.82, 2.24) is 15.1 Å². The zero-order valence-electron chi connectivity index (χ0n) is 21.1. The summed E-state index contributed by atoms with van der Waals surface area (Å²) in [4.78, 5) is 21.7. The summed E-state index contributed by atoms with van der Waals surface area (Å²) in [5, 5.41) is 23.9. The second-order valence-electron chi connectivity index (χ2n) is 9.11. The summed E-state index contributed by atoms with van der Waals surface area (Å²) < 4.78 is 7.53. The number of hydrogen-bond acceptors (Lipinski definition) is 5. The second kappa shape index (κ2) is 13.9. The molecule has 0 saturated heterocycles. The number of benzene rings is 2. The van der Waals surface area contributed by atoms with Crippen molar-refractivity contribution in [3.05, 3.63) is 70.8 Å². The van der Waals surface area contributed by atoms with Gasteiger partial charge in [0.1, 0.15) is 12.0 Å². The molecule has 4 rings (SSSR count). The molecule has 2 aromatic carbocycles. The van der Waals surface area contributed by atoms with Gasteiger partial charge in [-0.25, -0.2) is 9.59 Å². The van der Waals surface area contributed by atoms with Gasteiger partial charge >= 0.3 is 11.9 Å². The number of aromatic amines is 1. The third kappa shape index (κ3) is 9.02. The minimum atomic E-state index is -1.26. The number of fused-ring (bicyclic) bond motifs is 1. The first-order chi connectivity index (χ1) is 17.8. The molecule has 0 aliphatic heterocycles. The van der Waals surface area contributed by atoms with Crippen LogP contribution in [0.2, 0.25) is 0 Å². The van der Waals surface area contributed by atoms with E-state index in [9.17, 15) is 9.59 Å². The highest BCUT2D eigenvalue weighted by Crippen LogP contribution is 2.46. The molecule has 3 N–H and O–H groups in total. The van der Waals surface area contributed by atoms with Crippen molar-refractivity contribution in [3.63, 3.8) is 0 Å². The Labute approximate surface area is 225 Å². The summed E-state index contributed by atoms with van der Waals surface area (Å²) in [6.45, 7) is 5.54. The molecule has 1 saturated carbocycles. The van der Waals surface area contributed by atoms with Gasteiger partial charge in [0, 0.05) is 46.6 Å². The number of ether oxygens (including phenoxy) is 1. The maximum atomic E-state index is 9.55. The largest absolute Gasteiger partial charge is 0.478 e. The number of nitrogens with zero attached hydrogens (tertiary/aromatic N) is 2. The maximum absolute atomic E-state index is 9.55. The topological polar surface area (TPSA) is 116 Å². The van der Waals surface area contributed by atoms with E-state index in [-0.39, 0.29) is 6.23 Å². The average Bonchev–Trinajstić information content (AvgIpc) is 3.50. The van der Waals surface area contributed by atoms with E-state index in [2.05, 4.69) is 75.2 Å². The summed E-state index contributed by atoms with van der Waals surface area (Å²) in [5.74, 6) is -1.01. The number of carboxylic acids is 2. The Bertz CT molecular complexity index is 1180. The van der Waals surface area contributed by atoms with E-state index in [0.29, 0.717) is 24.1 Å². The van der Waals surface area contributed by atoms with Crippen LogP contribution in [0.3, 0.4) is 0 Å². The highest BCUT2D eigenvalue weighted by molar-refractivity contribution is 9.10. The summed E-state index contributed by atoms with van der Waals surface area (Å²) in [5.41, 5.74) is 2.45. The Hall–Kier alpha value is -3.17. The van der Waals surface area contributed by atoms with Crippen LogP contribution >= 0.6 is 15.9 Å². The highest BCUT2D eigenvalue weighted by atomic mass is 79.9. The van der Waals surface area contributed by atoms with Gasteiger partial charge in [-0.3, -0.25) is 10.00 Å². The molecule has 1 fully saturated rings. The van der Waals surface area contributed by atoms with Gasteiger partial charge in [0.25, 0.3) is 0 Å². The zero-order chi connectivity index (χ0) is 26.8. The molecular formula is C28H34BrN3O5. The quantitative estimate of drug-likeness (QED) is 0.134. The number of unbranched alkanes of at least 4 members (excludes halogenated alkanes) is 3. The molecule has 0 amide bonds. The van der Waals surface area contributed by atoms with Gasteiger partial charge < -0.3 is 14.9 Å². The van der Waals surface area contributed by atoms with Crippen molar-refractivity contribution in [2.45, 2.75) is 64.1 Å². The Balaban J connectivity index is 0.000000414. The van der Waals surface area contributed by atoms with E-state index in [1.807, 2.05) is 18.3 Å². The van der Waals surface area contributed by atoms with Gasteiger partial charge in [-0.05, 0) is 49.6 Å². The average molecular weight is 573 g/mol. The lowest BCUT2D eigenvalue weighted by Gasteiger charge is -2.30. The molecule has 9 heteroatoms. The molecule has 0 bridgehead atoms. The minimum absolute atomic E-state index is 0.0439. The monoisotopic (exact) mass is 571 g/mol. The first-order valence-corrected chi connectivity index (χ1v) is 13.3. The van der Waals surface area contributed by atoms with E-state index < -0.39 is 11.9 Å². The lowest BCUT2D eigenvalue weighted by Crippen LogP contribution is -2.40. The van der Waals surface area contributed by atoms with Crippen LogP contribution < -0.4 is 4.74 Å². The first-order valence-electron chi connectivity index (χ1n) is 12.5. The zero-order valence-corrected chi connectivity index (χ0v) is 22.7. The summed E-state index contributed by atoms with van der Waals surface area (Å²) in [6, 6.07) is 15.5. The third-order valence-electron chi connectivity index (χ3n) is 6.31. The Morgan fingerprint density at radius 1 is 1.14 bits per heavy atom. The Morgan fingerprint density at radius 2 is 1.84 bits per heavy atom. The van der Waals surface area contributed by atoms with Gasteiger partial charge in [-0.15, -0.1) is 0 Å². The number of aliphatic carboxylic acids is 2. The molecule has 1 aliphatic carbocycles. The third-order valence-corrected chi connectivity index (χ3v) is 6.83. The van der Waals surface area contributed by atoms with Gasteiger partial charge in [0.2, 0.25) is 0 Å². The first kappa shape index (κ1) is 28.4. The molecule has 0 radical (unpaired) electrons. The lowest BCUT2D eigenvalue weighted by atomic mass is 10.1. The van der Waals surface area contributed by atoms with Crippen molar-refractivity contribution < 1.29 is 24.5 Å². The predicted octanol–water partition coefficient (Wildman–Crippen LogP) is 6.20. The Morgan fingerprint density at radius 3 is 2.49 bits per heavy atom. The van der Waals surface area contributed by atoms with E-state index in [4.69, 9.17) is 14.9 Å². The summed E-state index contributed by atoms with van der Waals surface area (Å²) in [7, 11) is 0. The van der Waals surface area contributed by atoms with Gasteiger partial charge in [-0.1, -0.05) is 54.2 Å². The number of aromatic nitrogens is 2. The van der Waals surface area contributed by atoms with E-state index >= 15 is 0 Å². The standard InChI is InChI=1S/C24H30BrN3O.C4H4O4/c1-3-4-5-6-13-28(24-15-22(24)18-7-10-20(25)11-8-18)17(2)29-21-12-9-19-16-26-27-23(19)14-21;5-3(6)1-2-4(7)8/h7-12,14,16-17,22,24H,3-6,13,15H2,1-2H3,(H,26,27);1-2H,(H,5,6)(H,7,8). The molecule has 1 aliphatic rings. The number of carboxylic acid groups (broad SMARTS) is 2. The highest BCUT2D eigenvalue weighted by Gasteiger charge is 2.44. The molecule has 0 spiro atoms. The van der Waals surface area contributed by atoms with Gasteiger partial charge in [0.15, 0.2) is 0 Å². The number of nitrogens with one attached hydrogen (secondary N) is 1. The molecule has 8 nitrogen and oxygen atoms in total. The number of halogens is 1. The van der Waals surface area contributed by atoms with E-state index in [0.717, 1.165) is 27.7 Å². The van der Waals surface area contributed by atoms with Crippen LogP contribution in [-0.4, -0.2) is 56.1 Å². The van der Waals surface area contributed by atoms with Crippen molar-refractivity contribution in [2.75, 3.05) is 6.54 Å². The van der Waals surface area contributed by atoms with Crippen molar-refractivity contribution in [2.24, 2.45) is 0 Å². The van der Waals surface area contributed by atoms with Crippen LogP contribution in [0.15, 0.2) is 65.3 Å². The fourth-order valence-electron chi connectivity index (χ4n) is 4.35. The SMILES string of the molecule is CCCCCCN(C(C)Oc1ccc2cn[nH]c2c1)C1CC1c1ccc(Br)cc1.O=C(O)C=CC(=O)O. The van der Waals surface area contributed by atoms with E-state index in [1.165, 1.54) is 37.7 Å². The van der Waals surface area contributed by atoms with Crippen LogP contribution in [0, 0.1) is 0 Å². The molecule has 37 heavy (non-hydrogen) atoms. The molecule has 1 aromatic heterocycles. The minimum Gasteiger partial charge on any atom is -0.478 e. The van der Waals surface area contributed by atoms with Crippen LogP contribution in [0.5, 0.6) is 5.75 Å². The smallest absolute Gasteiger partial charge is 0.328 e. The second-order valence-corrected chi connectivity index (χ2v) is 10.0. The fourth-order valence-corrected chi connectivity index (χ4v) is 4.62. The molecule has 1 heterocycles. The van der Waals surface area contributed by atoms with Crippen molar-refractivity contribution in [1.29, 1.82) is 0 Å². The van der Waals surface area contributed by atoms with Crippen LogP contribution in [0.25, 0.3) is 10.9 Å². The molecule has 198 valence electrons. The molecule has 3 unspecified atom stereocenters. The summed E-state index contributed by atoms with van der Waals surface area (Å²) in [6.07, 6.45) is 9.30. The van der Waals surface area contributed by atoms with Crippen LogP contribution in [0.1, 0.15) is 57.4 Å². The predicted molar refractivity (Wildman–Crippen MR) is 147 cm³/mol. The van der Waals surface area contributed by atoms with Crippen LogP contribution in [0.4, 0.5) is 0 Å². The normalized spacial score (nSPS) is 17.4. The number of rotatable bonds is 12. The number of carbonyl (C=O) groups is 2. The van der Waals surface area contributed by atoms with E-state index in [1.54, 1.807) is 0 Å². The fraction of sp³-hybridized carbons (Fsp3) is 0.393. The van der Waals surface area contributed by atoms with Crippen LogP contribution in [-0.2, 0) is 9.59 Å². The van der Waals surface area contributed by atoms with Gasteiger partial charge in [-0.2, -0.15) is 5.10 Å². The van der Waals surface area contributed by atoms with Gasteiger partial charge in [0.05, 0.1) is 11.7 Å². The molecular weight excluding hydrogens is 538 g/mol. The van der Waals surface area contributed by atoms with Crippen molar-refractivity contribution in [3.8, 4) is 5.75 Å². The molecule has 3 aromatic rings.